The number of alkyl halides is 3. The number of aromatic carboxylic acids is 1. The Morgan fingerprint density at radius 3 is 2.25 bits per heavy atom. The molecule has 1 fully saturated rings. The molecule has 0 aliphatic heterocycles. The standard InChI is InChI=1S/C20H16F3N3O2.C7H15N/c1-10-8-11(2)15(12(3)9-10)25-13-6-4-5-7-14(13)26-16(18(27)28)17(20(21,22)23)24-19(25)26;1-2-5-8-6-7-3-4-7/h4-9H,1-3H3,(H,27,28);7-8H,2-6H2,1H3. The first-order chi connectivity index (χ1) is 17.0. The Morgan fingerprint density at radius 2 is 1.72 bits per heavy atom. The van der Waals surface area contributed by atoms with Crippen molar-refractivity contribution in [2.24, 2.45) is 5.92 Å². The minimum atomic E-state index is -4.89. The minimum Gasteiger partial charge on any atom is -0.476 e. The van der Waals surface area contributed by atoms with Crippen molar-refractivity contribution in [3.8, 4) is 5.69 Å². The molecule has 2 aromatic carbocycles. The van der Waals surface area contributed by atoms with Gasteiger partial charge in [-0.25, -0.2) is 9.78 Å². The van der Waals surface area contributed by atoms with E-state index in [0.29, 0.717) is 16.7 Å². The van der Waals surface area contributed by atoms with Crippen LogP contribution in [0.1, 0.15) is 59.1 Å². The van der Waals surface area contributed by atoms with Crippen LogP contribution in [0, 0.1) is 26.7 Å². The number of hydrogen-bond acceptors (Lipinski definition) is 3. The van der Waals surface area contributed by atoms with Gasteiger partial charge in [0, 0.05) is 0 Å². The minimum absolute atomic E-state index is 0.0824. The third-order valence-corrected chi connectivity index (χ3v) is 6.31. The maximum atomic E-state index is 13.5. The molecule has 4 aromatic rings. The topological polar surface area (TPSA) is 71.6 Å². The Bertz CT molecular complexity index is 1390. The molecular formula is C27H31F3N4O2. The van der Waals surface area contributed by atoms with Gasteiger partial charge in [-0.3, -0.25) is 8.97 Å². The lowest BCUT2D eigenvalue weighted by atomic mass is 10.0. The molecule has 2 N–H and O–H groups in total. The average molecular weight is 501 g/mol. The van der Waals surface area contributed by atoms with Crippen molar-refractivity contribution < 1.29 is 23.1 Å². The van der Waals surface area contributed by atoms with Crippen LogP contribution in [0.3, 0.4) is 0 Å². The van der Waals surface area contributed by atoms with Crippen molar-refractivity contribution in [3.63, 3.8) is 0 Å². The first-order valence-corrected chi connectivity index (χ1v) is 12.2. The molecule has 6 nitrogen and oxygen atoms in total. The number of carboxylic acids is 1. The second kappa shape index (κ2) is 9.97. The first kappa shape index (κ1) is 25.8. The summed E-state index contributed by atoms with van der Waals surface area (Å²) < 4.78 is 43.2. The van der Waals surface area contributed by atoms with Crippen molar-refractivity contribution >= 4 is 22.8 Å². The van der Waals surface area contributed by atoms with E-state index in [1.54, 1.807) is 28.8 Å². The number of halogens is 3. The van der Waals surface area contributed by atoms with Crippen LogP contribution in [0.2, 0.25) is 0 Å². The third kappa shape index (κ3) is 4.97. The third-order valence-electron chi connectivity index (χ3n) is 6.31. The number of carboxylic acid groups (broad SMARTS) is 1. The molecule has 36 heavy (non-hydrogen) atoms. The molecule has 0 saturated heterocycles. The lowest BCUT2D eigenvalue weighted by Gasteiger charge is -2.13. The fourth-order valence-electron chi connectivity index (χ4n) is 4.68. The van der Waals surface area contributed by atoms with Gasteiger partial charge >= 0.3 is 12.1 Å². The Balaban J connectivity index is 0.000000325. The van der Waals surface area contributed by atoms with E-state index in [2.05, 4.69) is 17.2 Å². The zero-order valence-corrected chi connectivity index (χ0v) is 20.9. The Kier molecular flexibility index (Phi) is 7.13. The first-order valence-electron chi connectivity index (χ1n) is 12.2. The molecule has 0 bridgehead atoms. The Labute approximate surface area is 207 Å². The van der Waals surface area contributed by atoms with Gasteiger partial charge < -0.3 is 10.4 Å². The number of imidazole rings is 2. The summed E-state index contributed by atoms with van der Waals surface area (Å²) in [5, 5.41) is 12.9. The average Bonchev–Trinajstić information content (AvgIpc) is 3.44. The van der Waals surface area contributed by atoms with Gasteiger partial charge in [-0.2, -0.15) is 13.2 Å². The van der Waals surface area contributed by atoms with E-state index >= 15 is 0 Å². The zero-order valence-electron chi connectivity index (χ0n) is 20.9. The number of hydrogen-bond donors (Lipinski definition) is 2. The number of fused-ring (bicyclic) bond motifs is 3. The number of carbonyl (C=O) groups is 1. The SMILES string of the molecule is CCCNCC1CC1.Cc1cc(C)c(-n2c3ccccc3n3c(C(=O)O)c(C(F)(F)F)nc23)c(C)c1. The van der Waals surface area contributed by atoms with Gasteiger partial charge in [0.15, 0.2) is 11.4 Å². The fraction of sp³-hybridized carbons (Fsp3) is 0.407. The van der Waals surface area contributed by atoms with Gasteiger partial charge in [0.2, 0.25) is 5.78 Å². The van der Waals surface area contributed by atoms with Gasteiger partial charge in [0.25, 0.3) is 0 Å². The molecule has 0 spiro atoms. The highest BCUT2D eigenvalue weighted by Crippen LogP contribution is 2.36. The van der Waals surface area contributed by atoms with Gasteiger partial charge in [0.1, 0.15) is 0 Å². The molecule has 5 rings (SSSR count). The van der Waals surface area contributed by atoms with Crippen LogP contribution in [-0.2, 0) is 6.18 Å². The second-order valence-electron chi connectivity index (χ2n) is 9.47. The van der Waals surface area contributed by atoms with Crippen LogP contribution >= 0.6 is 0 Å². The Hall–Kier alpha value is -3.33. The highest BCUT2D eigenvalue weighted by atomic mass is 19.4. The van der Waals surface area contributed by atoms with Crippen LogP contribution in [-0.4, -0.2) is 38.1 Å². The molecule has 1 aliphatic carbocycles. The van der Waals surface area contributed by atoms with Gasteiger partial charge in [-0.1, -0.05) is 36.8 Å². The number of benzene rings is 2. The van der Waals surface area contributed by atoms with Crippen LogP contribution in [0.4, 0.5) is 13.2 Å². The van der Waals surface area contributed by atoms with E-state index in [0.717, 1.165) is 27.0 Å². The highest BCUT2D eigenvalue weighted by Gasteiger charge is 2.41. The van der Waals surface area contributed by atoms with Crippen LogP contribution in [0.25, 0.3) is 22.5 Å². The number of nitrogens with one attached hydrogen (secondary N) is 1. The van der Waals surface area contributed by atoms with E-state index in [1.165, 1.54) is 32.4 Å². The molecule has 1 saturated carbocycles. The molecule has 9 heteroatoms. The Morgan fingerprint density at radius 1 is 1.11 bits per heavy atom. The maximum Gasteiger partial charge on any atom is 0.435 e. The molecule has 2 aromatic heterocycles. The second-order valence-corrected chi connectivity index (χ2v) is 9.47. The van der Waals surface area contributed by atoms with E-state index in [1.807, 2.05) is 32.9 Å². The summed E-state index contributed by atoms with van der Waals surface area (Å²) in [7, 11) is 0. The highest BCUT2D eigenvalue weighted by molar-refractivity contribution is 5.94. The predicted octanol–water partition coefficient (Wildman–Crippen LogP) is 6.32. The van der Waals surface area contributed by atoms with Crippen LogP contribution in [0.5, 0.6) is 0 Å². The van der Waals surface area contributed by atoms with Gasteiger partial charge in [-0.05, 0) is 82.3 Å². The number of aryl methyl sites for hydroxylation is 3. The molecular weight excluding hydrogens is 469 g/mol. The van der Waals surface area contributed by atoms with Crippen LogP contribution in [0.15, 0.2) is 36.4 Å². The van der Waals surface area contributed by atoms with E-state index < -0.39 is 23.5 Å². The van der Waals surface area contributed by atoms with Gasteiger partial charge in [0.05, 0.1) is 16.7 Å². The molecule has 2 heterocycles. The number of rotatable bonds is 6. The van der Waals surface area contributed by atoms with Crippen molar-refractivity contribution in [1.82, 2.24) is 19.3 Å². The molecule has 192 valence electrons. The number of nitrogens with zero attached hydrogens (tertiary/aromatic N) is 3. The maximum absolute atomic E-state index is 13.5. The normalized spacial score (nSPS) is 13.8. The van der Waals surface area contributed by atoms with Crippen LogP contribution < -0.4 is 5.32 Å². The largest absolute Gasteiger partial charge is 0.476 e. The molecule has 0 radical (unpaired) electrons. The fourth-order valence-corrected chi connectivity index (χ4v) is 4.68. The van der Waals surface area contributed by atoms with Crippen molar-refractivity contribution in [1.29, 1.82) is 0 Å². The quantitative estimate of drug-likeness (QED) is 0.304. The van der Waals surface area contributed by atoms with E-state index in [9.17, 15) is 23.1 Å². The van der Waals surface area contributed by atoms with E-state index in [4.69, 9.17) is 0 Å². The van der Waals surface area contributed by atoms with E-state index in [-0.39, 0.29) is 5.78 Å². The molecule has 0 amide bonds. The lowest BCUT2D eigenvalue weighted by molar-refractivity contribution is -0.141. The summed E-state index contributed by atoms with van der Waals surface area (Å²) >= 11 is 0. The summed E-state index contributed by atoms with van der Waals surface area (Å²) in [5.41, 5.74) is 2.05. The predicted molar refractivity (Wildman–Crippen MR) is 134 cm³/mol. The van der Waals surface area contributed by atoms with Crippen molar-refractivity contribution in [2.75, 3.05) is 13.1 Å². The van der Waals surface area contributed by atoms with Crippen molar-refractivity contribution in [3.05, 3.63) is 64.5 Å². The summed E-state index contributed by atoms with van der Waals surface area (Å²) in [5.74, 6) is -0.720. The smallest absolute Gasteiger partial charge is 0.435 e. The van der Waals surface area contributed by atoms with Gasteiger partial charge in [-0.15, -0.1) is 0 Å². The molecule has 0 unspecified atom stereocenters. The number of para-hydroxylation sites is 2. The summed E-state index contributed by atoms with van der Waals surface area (Å²) in [6.45, 7) is 10.4. The number of aromatic nitrogens is 3. The lowest BCUT2D eigenvalue weighted by Crippen LogP contribution is -2.16. The zero-order chi connectivity index (χ0) is 26.2. The summed E-state index contributed by atoms with van der Waals surface area (Å²) in [4.78, 5) is 15.5. The monoisotopic (exact) mass is 500 g/mol. The molecule has 0 atom stereocenters. The van der Waals surface area contributed by atoms with Crippen molar-refractivity contribution in [2.45, 2.75) is 53.1 Å². The molecule has 1 aliphatic rings. The summed E-state index contributed by atoms with van der Waals surface area (Å²) in [6.07, 6.45) is -0.677. The summed E-state index contributed by atoms with van der Waals surface area (Å²) in [6, 6.07) is 10.6.